The van der Waals surface area contributed by atoms with Crippen LogP contribution in [0.15, 0.2) is 60.7 Å². The van der Waals surface area contributed by atoms with Crippen molar-refractivity contribution < 1.29 is 14.4 Å². The number of amides is 3. The number of nitrogens with zero attached hydrogens (tertiary/aromatic N) is 2. The summed E-state index contributed by atoms with van der Waals surface area (Å²) in [6, 6.07) is 17.6. The smallest absolute Gasteiger partial charge is 0.290 e. The number of hydrogen-bond donors (Lipinski definition) is 0. The molecule has 2 aromatic carbocycles. The van der Waals surface area contributed by atoms with Crippen LogP contribution in [0.5, 0.6) is 0 Å². The van der Waals surface area contributed by atoms with Crippen LogP contribution in [-0.4, -0.2) is 22.4 Å². The first-order valence-corrected chi connectivity index (χ1v) is 7.92. The summed E-state index contributed by atoms with van der Waals surface area (Å²) in [5.74, 6) is -0.699. The minimum atomic E-state index is -0.886. The number of para-hydroxylation sites is 2. The summed E-state index contributed by atoms with van der Waals surface area (Å²) in [5, 5.41) is -1.27. The normalized spacial score (nSPS) is 17.4. The highest BCUT2D eigenvalue weighted by atomic mass is 32.2. The molecule has 1 aliphatic heterocycles. The van der Waals surface area contributed by atoms with Gasteiger partial charge in [0.15, 0.2) is 5.37 Å². The lowest BCUT2D eigenvalue weighted by molar-refractivity contribution is -0.121. The maximum Gasteiger partial charge on any atom is 0.295 e. The van der Waals surface area contributed by atoms with Gasteiger partial charge in [-0.3, -0.25) is 19.3 Å². The lowest BCUT2D eigenvalue weighted by atomic mass is 10.2. The van der Waals surface area contributed by atoms with E-state index in [9.17, 15) is 14.4 Å². The average molecular weight is 326 g/mol. The zero-order valence-electron chi connectivity index (χ0n) is 12.4. The highest BCUT2D eigenvalue weighted by molar-refractivity contribution is 8.16. The maximum atomic E-state index is 12.7. The third-order valence-electron chi connectivity index (χ3n) is 3.45. The Morgan fingerprint density at radius 2 is 1.57 bits per heavy atom. The monoisotopic (exact) mass is 326 g/mol. The summed E-state index contributed by atoms with van der Waals surface area (Å²) in [5.41, 5.74) is 1.10. The average Bonchev–Trinajstić information content (AvgIpc) is 2.84. The molecule has 0 unspecified atom stereocenters. The second kappa shape index (κ2) is 6.26. The van der Waals surface area contributed by atoms with Crippen molar-refractivity contribution in [3.8, 4) is 0 Å². The van der Waals surface area contributed by atoms with Crippen molar-refractivity contribution in [3.63, 3.8) is 0 Å². The van der Waals surface area contributed by atoms with Crippen LogP contribution in [0.3, 0.4) is 0 Å². The van der Waals surface area contributed by atoms with Crippen molar-refractivity contribution in [1.82, 2.24) is 0 Å². The number of carbonyl (C=O) groups excluding carboxylic acids is 3. The van der Waals surface area contributed by atoms with Crippen molar-refractivity contribution >= 4 is 40.2 Å². The van der Waals surface area contributed by atoms with E-state index in [1.165, 1.54) is 11.8 Å². The molecule has 0 saturated carbocycles. The van der Waals surface area contributed by atoms with Gasteiger partial charge in [-0.1, -0.05) is 36.4 Å². The van der Waals surface area contributed by atoms with E-state index in [0.29, 0.717) is 11.4 Å². The fourth-order valence-corrected chi connectivity index (χ4v) is 3.52. The van der Waals surface area contributed by atoms with E-state index in [2.05, 4.69) is 0 Å². The van der Waals surface area contributed by atoms with Gasteiger partial charge < -0.3 is 0 Å². The molecular formula is C17H14N2O3S. The third kappa shape index (κ3) is 2.85. The zero-order valence-corrected chi connectivity index (χ0v) is 13.2. The molecule has 5 nitrogen and oxygen atoms in total. The first kappa shape index (κ1) is 15.3. The number of carbonyl (C=O) groups is 3. The number of hydrogen-bond acceptors (Lipinski definition) is 4. The van der Waals surface area contributed by atoms with Crippen LogP contribution in [-0.2, 0) is 9.59 Å². The number of thioether (sulfide) groups is 1. The van der Waals surface area contributed by atoms with Crippen molar-refractivity contribution in [2.45, 2.75) is 12.3 Å². The molecule has 6 heteroatoms. The molecule has 0 spiro atoms. The van der Waals surface area contributed by atoms with E-state index < -0.39 is 11.3 Å². The van der Waals surface area contributed by atoms with Gasteiger partial charge in [-0.05, 0) is 36.0 Å². The van der Waals surface area contributed by atoms with Crippen LogP contribution in [0.1, 0.15) is 6.92 Å². The number of anilines is 2. The molecule has 0 aliphatic carbocycles. The van der Waals surface area contributed by atoms with E-state index in [-0.39, 0.29) is 11.1 Å². The Kier molecular flexibility index (Phi) is 4.16. The first-order valence-electron chi connectivity index (χ1n) is 7.04. The van der Waals surface area contributed by atoms with Gasteiger partial charge in [0.1, 0.15) is 0 Å². The van der Waals surface area contributed by atoms with E-state index in [1.807, 2.05) is 12.1 Å². The molecule has 1 heterocycles. The predicted molar refractivity (Wildman–Crippen MR) is 90.3 cm³/mol. The van der Waals surface area contributed by atoms with Gasteiger partial charge >= 0.3 is 0 Å². The van der Waals surface area contributed by atoms with Gasteiger partial charge in [0.2, 0.25) is 5.91 Å². The second-order valence-electron chi connectivity index (χ2n) is 4.97. The quantitative estimate of drug-likeness (QED) is 0.868. The Morgan fingerprint density at radius 1 is 1.00 bits per heavy atom. The molecule has 0 bridgehead atoms. The van der Waals surface area contributed by atoms with Gasteiger partial charge in [0, 0.05) is 12.6 Å². The Balaban J connectivity index is 1.96. The molecule has 1 fully saturated rings. The molecular weight excluding hydrogens is 312 g/mol. The van der Waals surface area contributed by atoms with Crippen LogP contribution in [0.4, 0.5) is 16.2 Å². The largest absolute Gasteiger partial charge is 0.295 e. The fraction of sp³-hybridized carbons (Fsp3) is 0.118. The van der Waals surface area contributed by atoms with Crippen LogP contribution >= 0.6 is 11.8 Å². The minimum Gasteiger partial charge on any atom is -0.290 e. The van der Waals surface area contributed by atoms with E-state index in [1.54, 1.807) is 48.5 Å². The Bertz CT molecular complexity index is 749. The molecule has 23 heavy (non-hydrogen) atoms. The molecule has 3 amide bonds. The third-order valence-corrected chi connectivity index (χ3v) is 4.47. The summed E-state index contributed by atoms with van der Waals surface area (Å²) >= 11 is 0.850. The molecule has 116 valence electrons. The maximum absolute atomic E-state index is 12.7. The standard InChI is InChI=1S/C17H14N2O3S/c1-12(20)18(13-8-4-2-5-9-13)16-15(21)19(17(22)23-16)14-10-6-3-7-11-14/h2-11,16H,1H3/t16-/m1/s1. The molecule has 0 radical (unpaired) electrons. The van der Waals surface area contributed by atoms with Gasteiger partial charge in [-0.25, -0.2) is 4.90 Å². The molecule has 1 saturated heterocycles. The summed E-state index contributed by atoms with van der Waals surface area (Å²) < 4.78 is 0. The molecule has 3 rings (SSSR count). The van der Waals surface area contributed by atoms with E-state index >= 15 is 0 Å². The van der Waals surface area contributed by atoms with Crippen molar-refractivity contribution in [2.24, 2.45) is 0 Å². The summed E-state index contributed by atoms with van der Waals surface area (Å²) in [6.45, 7) is 1.39. The number of benzene rings is 2. The van der Waals surface area contributed by atoms with Crippen LogP contribution in [0.2, 0.25) is 0 Å². The van der Waals surface area contributed by atoms with Crippen LogP contribution < -0.4 is 9.80 Å². The van der Waals surface area contributed by atoms with E-state index in [4.69, 9.17) is 0 Å². The van der Waals surface area contributed by atoms with Crippen molar-refractivity contribution in [2.75, 3.05) is 9.80 Å². The van der Waals surface area contributed by atoms with Crippen molar-refractivity contribution in [1.29, 1.82) is 0 Å². The zero-order chi connectivity index (χ0) is 16.4. The lowest BCUT2D eigenvalue weighted by Gasteiger charge is -2.25. The Labute approximate surface area is 137 Å². The lowest BCUT2D eigenvalue weighted by Crippen LogP contribution is -2.44. The van der Waals surface area contributed by atoms with E-state index in [0.717, 1.165) is 16.7 Å². The Morgan fingerprint density at radius 3 is 2.13 bits per heavy atom. The minimum absolute atomic E-state index is 0.287. The van der Waals surface area contributed by atoms with Gasteiger partial charge in [-0.2, -0.15) is 0 Å². The molecule has 2 aromatic rings. The first-order chi connectivity index (χ1) is 11.1. The van der Waals surface area contributed by atoms with Gasteiger partial charge in [0.25, 0.3) is 11.1 Å². The molecule has 1 atom stereocenters. The highest BCUT2D eigenvalue weighted by Crippen LogP contribution is 2.35. The summed E-state index contributed by atoms with van der Waals surface area (Å²) in [6.07, 6.45) is 0. The van der Waals surface area contributed by atoms with Crippen LogP contribution in [0, 0.1) is 0 Å². The molecule has 0 N–H and O–H groups in total. The summed E-state index contributed by atoms with van der Waals surface area (Å²) in [7, 11) is 0. The number of rotatable bonds is 3. The van der Waals surface area contributed by atoms with Crippen LogP contribution in [0.25, 0.3) is 0 Å². The molecule has 1 aliphatic rings. The topological polar surface area (TPSA) is 57.7 Å². The SMILES string of the molecule is CC(=O)N(c1ccccc1)[C@@H]1SC(=O)N(c2ccccc2)C1=O. The second-order valence-corrected chi connectivity index (χ2v) is 6.00. The predicted octanol–water partition coefficient (Wildman–Crippen LogP) is 3.27. The van der Waals surface area contributed by atoms with Crippen molar-refractivity contribution in [3.05, 3.63) is 60.7 Å². The summed E-state index contributed by atoms with van der Waals surface area (Å²) in [4.78, 5) is 39.5. The molecule has 0 aromatic heterocycles. The number of imide groups is 1. The van der Waals surface area contributed by atoms with Gasteiger partial charge in [-0.15, -0.1) is 0 Å². The highest BCUT2D eigenvalue weighted by Gasteiger charge is 2.45. The van der Waals surface area contributed by atoms with Gasteiger partial charge in [0.05, 0.1) is 5.69 Å². The Hall–Kier alpha value is -2.60. The fourth-order valence-electron chi connectivity index (χ4n) is 2.44.